The highest BCUT2D eigenvalue weighted by Crippen LogP contribution is 2.33. The van der Waals surface area contributed by atoms with Gasteiger partial charge in [-0.2, -0.15) is 9.59 Å². The van der Waals surface area contributed by atoms with Gasteiger partial charge >= 0.3 is 12.2 Å². The summed E-state index contributed by atoms with van der Waals surface area (Å²) in [7, 11) is 3.76. The largest absolute Gasteiger partial charge is 0.490 e. The number of aryl methyl sites for hydroxylation is 1. The number of carbonyl (C=O) groups excluding carboxylic acids is 3. The number of hydrogen-bond acceptors (Lipinski definition) is 6. The van der Waals surface area contributed by atoms with Crippen molar-refractivity contribution in [3.05, 3.63) is 30.0 Å². The van der Waals surface area contributed by atoms with Gasteiger partial charge in [0.1, 0.15) is 11.4 Å². The van der Waals surface area contributed by atoms with Crippen molar-refractivity contribution in [2.45, 2.75) is 83.9 Å². The number of nitrogens with one attached hydrogen (secondary N) is 1. The van der Waals surface area contributed by atoms with Crippen molar-refractivity contribution in [2.75, 3.05) is 7.05 Å². The maximum atomic E-state index is 12.6. The van der Waals surface area contributed by atoms with Crippen molar-refractivity contribution in [1.82, 2.24) is 25.2 Å². The van der Waals surface area contributed by atoms with Crippen LogP contribution in [0, 0.1) is 11.8 Å². The van der Waals surface area contributed by atoms with E-state index in [9.17, 15) is 4.79 Å². The van der Waals surface area contributed by atoms with Crippen LogP contribution in [0.25, 0.3) is 11.3 Å². The highest BCUT2D eigenvalue weighted by molar-refractivity contribution is 5.74. The number of benzene rings is 1. The fourth-order valence-electron chi connectivity index (χ4n) is 5.32. The second-order valence-electron chi connectivity index (χ2n) is 10.2. The zero-order valence-electron chi connectivity index (χ0n) is 21.9. The standard InChI is InChI=1S/C26H39N5O2.CO2/c1-18(2)20-8-7-11-23(16-20)33-22-14-12-19(13-15-22)25-24(31(4)29-28-25)17-27-26(32)30(3)21-9-5-6-10-21;2-1-3/h12-15,18,20-21,23H,5-11,16-17H2,1-4H3,(H,27,32);/t20-,23-;/m0./s1. The molecule has 4 rings (SSSR count). The summed E-state index contributed by atoms with van der Waals surface area (Å²) in [6.07, 6.45) is 9.99. The van der Waals surface area contributed by atoms with Crippen LogP contribution in [0.4, 0.5) is 4.79 Å². The van der Waals surface area contributed by atoms with Gasteiger partial charge in [0.05, 0.1) is 18.3 Å². The van der Waals surface area contributed by atoms with Crippen LogP contribution in [0.5, 0.6) is 5.75 Å². The summed E-state index contributed by atoms with van der Waals surface area (Å²) < 4.78 is 8.05. The van der Waals surface area contributed by atoms with Crippen molar-refractivity contribution in [1.29, 1.82) is 0 Å². The van der Waals surface area contributed by atoms with Gasteiger partial charge in [0.2, 0.25) is 0 Å². The predicted molar refractivity (Wildman–Crippen MR) is 135 cm³/mol. The molecule has 2 aliphatic rings. The minimum atomic E-state index is -0.0371. The number of rotatable bonds is 7. The normalized spacial score (nSPS) is 19.8. The van der Waals surface area contributed by atoms with Gasteiger partial charge in [-0.15, -0.1) is 5.10 Å². The predicted octanol–water partition coefficient (Wildman–Crippen LogP) is 4.58. The molecule has 2 amide bonds. The number of ether oxygens (including phenoxy) is 1. The topological polar surface area (TPSA) is 106 Å². The van der Waals surface area contributed by atoms with Crippen LogP contribution >= 0.6 is 0 Å². The van der Waals surface area contributed by atoms with Crippen LogP contribution < -0.4 is 10.1 Å². The highest BCUT2D eigenvalue weighted by Gasteiger charge is 2.26. The third-order valence-corrected chi connectivity index (χ3v) is 7.58. The van der Waals surface area contributed by atoms with Crippen LogP contribution in [0.15, 0.2) is 24.3 Å². The second-order valence-corrected chi connectivity index (χ2v) is 10.2. The molecule has 0 aliphatic heterocycles. The molecule has 0 spiro atoms. The molecule has 1 N–H and O–H groups in total. The Morgan fingerprint density at radius 2 is 1.81 bits per heavy atom. The molecule has 9 nitrogen and oxygen atoms in total. The van der Waals surface area contributed by atoms with E-state index < -0.39 is 0 Å². The number of carbonyl (C=O) groups is 1. The summed E-state index contributed by atoms with van der Waals surface area (Å²) in [6.45, 7) is 5.02. The number of nitrogens with zero attached hydrogens (tertiary/aromatic N) is 4. The van der Waals surface area contributed by atoms with Crippen LogP contribution in [0.3, 0.4) is 0 Å². The SMILES string of the molecule is CC(C)[C@H]1CCC[C@H](Oc2ccc(-c3nnn(C)c3CNC(=O)N(C)C3CCCC3)cc2)C1.O=C=O. The average Bonchev–Trinajstić information content (AvgIpc) is 3.53. The summed E-state index contributed by atoms with van der Waals surface area (Å²) in [5, 5.41) is 11.6. The first kappa shape index (κ1) is 27.4. The van der Waals surface area contributed by atoms with E-state index in [0.29, 0.717) is 24.6 Å². The van der Waals surface area contributed by atoms with E-state index in [1.165, 1.54) is 25.7 Å². The molecule has 0 unspecified atom stereocenters. The lowest BCUT2D eigenvalue weighted by Gasteiger charge is -2.31. The molecule has 2 fully saturated rings. The monoisotopic (exact) mass is 497 g/mol. The minimum absolute atomic E-state index is 0.0371. The molecule has 1 aromatic carbocycles. The zero-order valence-corrected chi connectivity index (χ0v) is 21.9. The van der Waals surface area contributed by atoms with Gasteiger partial charge in [0.25, 0.3) is 0 Å². The maximum absolute atomic E-state index is 12.6. The van der Waals surface area contributed by atoms with Crippen LogP contribution in [-0.4, -0.2) is 51.3 Å². The van der Waals surface area contributed by atoms with E-state index in [4.69, 9.17) is 14.3 Å². The number of hydrogen-bond donors (Lipinski definition) is 1. The lowest BCUT2D eigenvalue weighted by Crippen LogP contribution is -2.42. The van der Waals surface area contributed by atoms with Crippen molar-refractivity contribution < 1.29 is 19.1 Å². The molecule has 36 heavy (non-hydrogen) atoms. The number of aromatic nitrogens is 3. The highest BCUT2D eigenvalue weighted by atomic mass is 16.5. The Labute approximate surface area is 213 Å². The first-order valence-corrected chi connectivity index (χ1v) is 13.0. The summed E-state index contributed by atoms with van der Waals surface area (Å²) >= 11 is 0. The van der Waals surface area contributed by atoms with Gasteiger partial charge < -0.3 is 15.0 Å². The molecular weight excluding hydrogens is 458 g/mol. The fraction of sp³-hybridized carbons (Fsp3) is 0.630. The smallest absolute Gasteiger partial charge is 0.373 e. The lowest BCUT2D eigenvalue weighted by atomic mass is 9.80. The van der Waals surface area contributed by atoms with Crippen LogP contribution in [0.1, 0.15) is 70.9 Å². The molecule has 1 heterocycles. The van der Waals surface area contributed by atoms with Crippen molar-refractivity contribution in [3.63, 3.8) is 0 Å². The van der Waals surface area contributed by atoms with E-state index in [2.05, 4.69) is 29.5 Å². The quantitative estimate of drug-likeness (QED) is 0.600. The summed E-state index contributed by atoms with van der Waals surface area (Å²) in [4.78, 5) is 30.7. The van der Waals surface area contributed by atoms with Gasteiger partial charge in [-0.1, -0.05) is 31.9 Å². The Balaban J connectivity index is 0.00000115. The van der Waals surface area contributed by atoms with E-state index in [1.807, 2.05) is 43.3 Å². The Bertz CT molecular complexity index is 1010. The van der Waals surface area contributed by atoms with Crippen molar-refractivity contribution in [3.8, 4) is 17.0 Å². The Morgan fingerprint density at radius 1 is 1.14 bits per heavy atom. The van der Waals surface area contributed by atoms with Gasteiger partial charge in [0.15, 0.2) is 0 Å². The Kier molecular flexibility index (Phi) is 10.1. The van der Waals surface area contributed by atoms with E-state index in [0.717, 1.165) is 54.3 Å². The summed E-state index contributed by atoms with van der Waals surface area (Å²) in [5.41, 5.74) is 2.67. The average molecular weight is 498 g/mol. The van der Waals surface area contributed by atoms with Gasteiger partial charge in [0, 0.05) is 25.7 Å². The molecule has 9 heteroatoms. The molecule has 2 aliphatic carbocycles. The molecule has 2 aromatic rings. The van der Waals surface area contributed by atoms with Gasteiger partial charge in [-0.3, -0.25) is 0 Å². The minimum Gasteiger partial charge on any atom is -0.490 e. The zero-order chi connectivity index (χ0) is 26.1. The van der Waals surface area contributed by atoms with E-state index in [1.54, 1.807) is 4.68 Å². The fourth-order valence-corrected chi connectivity index (χ4v) is 5.32. The molecule has 196 valence electrons. The molecule has 0 bridgehead atoms. The van der Waals surface area contributed by atoms with E-state index in [-0.39, 0.29) is 12.2 Å². The molecule has 0 radical (unpaired) electrons. The van der Waals surface area contributed by atoms with Crippen LogP contribution in [-0.2, 0) is 23.2 Å². The van der Waals surface area contributed by atoms with Crippen LogP contribution in [0.2, 0.25) is 0 Å². The van der Waals surface area contributed by atoms with Crippen molar-refractivity contribution in [2.24, 2.45) is 18.9 Å². The maximum Gasteiger partial charge on any atom is 0.373 e. The Hall–Kier alpha value is -3.19. The Morgan fingerprint density at radius 3 is 2.44 bits per heavy atom. The van der Waals surface area contributed by atoms with E-state index >= 15 is 0 Å². The van der Waals surface area contributed by atoms with Gasteiger partial charge in [-0.05, 0) is 74.6 Å². The molecular formula is C27H39N5O4. The van der Waals surface area contributed by atoms with Crippen molar-refractivity contribution >= 4 is 12.2 Å². The first-order chi connectivity index (χ1) is 17.3. The van der Waals surface area contributed by atoms with Gasteiger partial charge in [-0.25, -0.2) is 9.48 Å². The third kappa shape index (κ3) is 7.17. The summed E-state index contributed by atoms with van der Waals surface area (Å²) in [6, 6.07) is 8.45. The second kappa shape index (κ2) is 13.2. The molecule has 0 saturated heterocycles. The molecule has 2 saturated carbocycles. The molecule has 2 atom stereocenters. The lowest BCUT2D eigenvalue weighted by molar-refractivity contribution is -0.191. The molecule has 1 aromatic heterocycles. The summed E-state index contributed by atoms with van der Waals surface area (Å²) in [5.74, 6) is 2.38. The number of amides is 2. The third-order valence-electron chi connectivity index (χ3n) is 7.58. The first-order valence-electron chi connectivity index (χ1n) is 13.0. The number of urea groups is 1.